The lowest BCUT2D eigenvalue weighted by Gasteiger charge is -2.05. The number of aryl methyl sites for hydroxylation is 2. The number of nitrogens with zero attached hydrogens (tertiary/aromatic N) is 2. The normalized spacial score (nSPS) is 10.4. The number of halogens is 1. The van der Waals surface area contributed by atoms with Crippen molar-refractivity contribution < 1.29 is 4.39 Å². The Morgan fingerprint density at radius 2 is 2.19 bits per heavy atom. The highest BCUT2D eigenvalue weighted by molar-refractivity contribution is 5.45. The summed E-state index contributed by atoms with van der Waals surface area (Å²) in [6.45, 7) is 2.35. The van der Waals surface area contributed by atoms with Gasteiger partial charge in [-0.3, -0.25) is 4.68 Å². The average molecular weight is 219 g/mol. The molecule has 0 unspecified atom stereocenters. The molecular formula is C12H14FN3. The van der Waals surface area contributed by atoms with Gasteiger partial charge in [0, 0.05) is 18.9 Å². The zero-order valence-corrected chi connectivity index (χ0v) is 9.37. The van der Waals surface area contributed by atoms with Crippen molar-refractivity contribution in [2.45, 2.75) is 13.5 Å². The standard InChI is InChI=1S/C12H14FN3/c1-9-3-4-10(7-12(9)13)14-8-11-5-6-16(2)15-11/h3-7,14H,8H2,1-2H3. The van der Waals surface area contributed by atoms with E-state index >= 15 is 0 Å². The molecular weight excluding hydrogens is 205 g/mol. The molecule has 0 saturated carbocycles. The van der Waals surface area contributed by atoms with Crippen molar-refractivity contribution >= 4 is 5.69 Å². The van der Waals surface area contributed by atoms with Crippen LogP contribution >= 0.6 is 0 Å². The molecule has 1 aromatic heterocycles. The maximum Gasteiger partial charge on any atom is 0.128 e. The molecule has 1 heterocycles. The summed E-state index contributed by atoms with van der Waals surface area (Å²) in [6, 6.07) is 7.05. The molecule has 1 N–H and O–H groups in total. The fourth-order valence-corrected chi connectivity index (χ4v) is 1.45. The van der Waals surface area contributed by atoms with Crippen LogP contribution in [-0.4, -0.2) is 9.78 Å². The van der Waals surface area contributed by atoms with Crippen LogP contribution in [0.4, 0.5) is 10.1 Å². The van der Waals surface area contributed by atoms with E-state index in [-0.39, 0.29) is 5.82 Å². The van der Waals surface area contributed by atoms with E-state index in [1.165, 1.54) is 6.07 Å². The first-order valence-corrected chi connectivity index (χ1v) is 5.14. The minimum atomic E-state index is -0.189. The summed E-state index contributed by atoms with van der Waals surface area (Å²) in [4.78, 5) is 0. The van der Waals surface area contributed by atoms with Crippen molar-refractivity contribution in [2.75, 3.05) is 5.32 Å². The smallest absolute Gasteiger partial charge is 0.128 e. The minimum Gasteiger partial charge on any atom is -0.379 e. The number of rotatable bonds is 3. The monoisotopic (exact) mass is 219 g/mol. The van der Waals surface area contributed by atoms with Crippen LogP contribution in [0.1, 0.15) is 11.3 Å². The second-order valence-corrected chi connectivity index (χ2v) is 3.80. The van der Waals surface area contributed by atoms with Crippen molar-refractivity contribution in [3.63, 3.8) is 0 Å². The SMILES string of the molecule is Cc1ccc(NCc2ccn(C)n2)cc1F. The minimum absolute atomic E-state index is 0.189. The molecule has 16 heavy (non-hydrogen) atoms. The van der Waals surface area contributed by atoms with Gasteiger partial charge in [-0.05, 0) is 30.7 Å². The molecule has 0 bridgehead atoms. The molecule has 0 fully saturated rings. The third-order valence-electron chi connectivity index (χ3n) is 2.41. The van der Waals surface area contributed by atoms with E-state index in [4.69, 9.17) is 0 Å². The van der Waals surface area contributed by atoms with Crippen LogP contribution in [0.25, 0.3) is 0 Å². The number of nitrogens with one attached hydrogen (secondary N) is 1. The second-order valence-electron chi connectivity index (χ2n) is 3.80. The Kier molecular flexibility index (Phi) is 2.90. The number of aromatic nitrogens is 2. The van der Waals surface area contributed by atoms with Crippen LogP contribution in [0.15, 0.2) is 30.5 Å². The fourth-order valence-electron chi connectivity index (χ4n) is 1.45. The second kappa shape index (κ2) is 4.35. The quantitative estimate of drug-likeness (QED) is 0.859. The first-order chi connectivity index (χ1) is 7.65. The topological polar surface area (TPSA) is 29.9 Å². The van der Waals surface area contributed by atoms with Crippen molar-refractivity contribution in [1.29, 1.82) is 0 Å². The molecule has 0 aliphatic carbocycles. The summed E-state index contributed by atoms with van der Waals surface area (Å²) in [6.07, 6.45) is 1.88. The average Bonchev–Trinajstić information content (AvgIpc) is 2.66. The predicted molar refractivity (Wildman–Crippen MR) is 61.7 cm³/mol. The molecule has 3 nitrogen and oxygen atoms in total. The predicted octanol–water partition coefficient (Wildman–Crippen LogP) is 2.48. The van der Waals surface area contributed by atoms with E-state index in [1.54, 1.807) is 17.7 Å². The van der Waals surface area contributed by atoms with Crippen LogP contribution in [-0.2, 0) is 13.6 Å². The van der Waals surface area contributed by atoms with Gasteiger partial charge in [-0.2, -0.15) is 5.10 Å². The van der Waals surface area contributed by atoms with E-state index in [0.29, 0.717) is 12.1 Å². The number of benzene rings is 1. The first-order valence-electron chi connectivity index (χ1n) is 5.14. The van der Waals surface area contributed by atoms with Gasteiger partial charge in [0.05, 0.1) is 12.2 Å². The molecule has 0 aliphatic heterocycles. The highest BCUT2D eigenvalue weighted by atomic mass is 19.1. The highest BCUT2D eigenvalue weighted by Crippen LogP contribution is 2.14. The van der Waals surface area contributed by atoms with E-state index in [1.807, 2.05) is 25.4 Å². The number of hydrogen-bond acceptors (Lipinski definition) is 2. The summed E-state index contributed by atoms with van der Waals surface area (Å²) < 4.78 is 15.0. The molecule has 1 aromatic carbocycles. The molecule has 0 saturated heterocycles. The van der Waals surface area contributed by atoms with Crippen LogP contribution in [0.5, 0.6) is 0 Å². The maximum absolute atomic E-state index is 13.2. The molecule has 2 rings (SSSR count). The molecule has 0 amide bonds. The van der Waals surface area contributed by atoms with Crippen LogP contribution < -0.4 is 5.32 Å². The summed E-state index contributed by atoms with van der Waals surface area (Å²) in [5.41, 5.74) is 2.36. The van der Waals surface area contributed by atoms with Gasteiger partial charge < -0.3 is 5.32 Å². The number of hydrogen-bond donors (Lipinski definition) is 1. The Morgan fingerprint density at radius 1 is 1.38 bits per heavy atom. The van der Waals surface area contributed by atoms with Gasteiger partial charge in [0.15, 0.2) is 0 Å². The van der Waals surface area contributed by atoms with Gasteiger partial charge in [-0.15, -0.1) is 0 Å². The zero-order valence-electron chi connectivity index (χ0n) is 9.37. The summed E-state index contributed by atoms with van der Waals surface area (Å²) in [7, 11) is 1.87. The van der Waals surface area contributed by atoms with Crippen molar-refractivity contribution in [2.24, 2.45) is 7.05 Å². The van der Waals surface area contributed by atoms with Gasteiger partial charge in [0.2, 0.25) is 0 Å². The molecule has 2 aromatic rings. The Hall–Kier alpha value is -1.84. The van der Waals surface area contributed by atoms with Gasteiger partial charge in [-0.25, -0.2) is 4.39 Å². The van der Waals surface area contributed by atoms with Gasteiger partial charge in [0.1, 0.15) is 5.82 Å². The summed E-state index contributed by atoms with van der Waals surface area (Å²) in [5.74, 6) is -0.189. The highest BCUT2D eigenvalue weighted by Gasteiger charge is 2.00. The Morgan fingerprint density at radius 3 is 2.81 bits per heavy atom. The fraction of sp³-hybridized carbons (Fsp3) is 0.250. The van der Waals surface area contributed by atoms with Crippen LogP contribution in [0, 0.1) is 12.7 Å². The first kappa shape index (κ1) is 10.7. The van der Waals surface area contributed by atoms with E-state index in [0.717, 1.165) is 11.4 Å². The maximum atomic E-state index is 13.2. The Labute approximate surface area is 93.9 Å². The van der Waals surface area contributed by atoms with Crippen molar-refractivity contribution in [3.05, 3.63) is 47.5 Å². The zero-order chi connectivity index (χ0) is 11.5. The summed E-state index contributed by atoms with van der Waals surface area (Å²) in [5, 5.41) is 7.35. The van der Waals surface area contributed by atoms with Crippen LogP contribution in [0.3, 0.4) is 0 Å². The lowest BCUT2D eigenvalue weighted by atomic mass is 10.2. The lowest BCUT2D eigenvalue weighted by molar-refractivity contribution is 0.619. The van der Waals surface area contributed by atoms with E-state index in [2.05, 4.69) is 10.4 Å². The number of anilines is 1. The molecule has 0 aliphatic rings. The molecule has 4 heteroatoms. The Bertz CT molecular complexity index is 491. The van der Waals surface area contributed by atoms with Gasteiger partial charge >= 0.3 is 0 Å². The molecule has 84 valence electrons. The summed E-state index contributed by atoms with van der Waals surface area (Å²) >= 11 is 0. The molecule has 0 spiro atoms. The third-order valence-corrected chi connectivity index (χ3v) is 2.41. The van der Waals surface area contributed by atoms with Gasteiger partial charge in [0.25, 0.3) is 0 Å². The van der Waals surface area contributed by atoms with Crippen LogP contribution in [0.2, 0.25) is 0 Å². The largest absolute Gasteiger partial charge is 0.379 e. The van der Waals surface area contributed by atoms with Crippen molar-refractivity contribution in [3.8, 4) is 0 Å². The molecule has 0 atom stereocenters. The van der Waals surface area contributed by atoms with E-state index < -0.39 is 0 Å². The Balaban J connectivity index is 2.02. The lowest BCUT2D eigenvalue weighted by Crippen LogP contribution is -2.01. The van der Waals surface area contributed by atoms with E-state index in [9.17, 15) is 4.39 Å². The van der Waals surface area contributed by atoms with Crippen molar-refractivity contribution in [1.82, 2.24) is 9.78 Å². The van der Waals surface area contributed by atoms with Gasteiger partial charge in [-0.1, -0.05) is 6.07 Å². The molecule has 0 radical (unpaired) electrons. The third kappa shape index (κ3) is 2.39.